The Balaban J connectivity index is 1.68. The van der Waals surface area contributed by atoms with Gasteiger partial charge >= 0.3 is 0 Å². The average Bonchev–Trinajstić information content (AvgIpc) is 3.02. The molecule has 1 atom stereocenters. The summed E-state index contributed by atoms with van der Waals surface area (Å²) in [6.45, 7) is 4.50. The molecule has 0 saturated carbocycles. The Kier molecular flexibility index (Phi) is 4.53. The van der Waals surface area contributed by atoms with Gasteiger partial charge in [-0.05, 0) is 44.9 Å². The summed E-state index contributed by atoms with van der Waals surface area (Å²) in [5.41, 5.74) is -0.0582. The third kappa shape index (κ3) is 3.91. The first-order chi connectivity index (χ1) is 11.4. The molecule has 1 fully saturated rings. The highest BCUT2D eigenvalue weighted by molar-refractivity contribution is 5.76. The number of rotatable bonds is 4. The van der Waals surface area contributed by atoms with E-state index in [2.05, 4.69) is 10.4 Å². The van der Waals surface area contributed by atoms with Crippen molar-refractivity contribution in [2.75, 3.05) is 6.61 Å². The maximum atomic E-state index is 12.3. The Morgan fingerprint density at radius 3 is 2.96 bits per heavy atom. The summed E-state index contributed by atoms with van der Waals surface area (Å²) in [6, 6.07) is 6.50. The van der Waals surface area contributed by atoms with Crippen LogP contribution in [-0.4, -0.2) is 33.9 Å². The maximum absolute atomic E-state index is 12.3. The Labute approximate surface area is 139 Å². The summed E-state index contributed by atoms with van der Waals surface area (Å²) in [5.74, 6) is 0.319. The summed E-state index contributed by atoms with van der Waals surface area (Å²) < 4.78 is 12.1. The number of aromatic nitrogens is 2. The minimum atomic E-state index is -0.326. The SMILES string of the molecule is CC1(C)C[C@H](NC(=O)Cn2nc(-c3ccco3)ccc2=O)CCO1. The first kappa shape index (κ1) is 16.4. The molecule has 0 bridgehead atoms. The van der Waals surface area contributed by atoms with Crippen LogP contribution in [0.1, 0.15) is 26.7 Å². The average molecular weight is 331 g/mol. The molecule has 2 aromatic rings. The first-order valence-electron chi connectivity index (χ1n) is 7.98. The second kappa shape index (κ2) is 6.60. The number of carbonyl (C=O) groups is 1. The number of carbonyl (C=O) groups excluding carboxylic acids is 1. The van der Waals surface area contributed by atoms with Crippen LogP contribution in [0.5, 0.6) is 0 Å². The third-order valence-electron chi connectivity index (χ3n) is 4.00. The zero-order chi connectivity index (χ0) is 17.2. The van der Waals surface area contributed by atoms with E-state index in [4.69, 9.17) is 9.15 Å². The number of ether oxygens (including phenoxy) is 1. The van der Waals surface area contributed by atoms with Crippen LogP contribution in [0, 0.1) is 0 Å². The topological polar surface area (TPSA) is 86.4 Å². The van der Waals surface area contributed by atoms with E-state index < -0.39 is 0 Å². The van der Waals surface area contributed by atoms with Crippen LogP contribution in [0.4, 0.5) is 0 Å². The van der Waals surface area contributed by atoms with E-state index in [1.54, 1.807) is 18.2 Å². The Hall–Kier alpha value is -2.41. The lowest BCUT2D eigenvalue weighted by Gasteiger charge is -2.35. The molecular weight excluding hydrogens is 310 g/mol. The first-order valence-corrected chi connectivity index (χ1v) is 7.98. The molecule has 1 aliphatic heterocycles. The minimum Gasteiger partial charge on any atom is -0.463 e. The smallest absolute Gasteiger partial charge is 0.267 e. The van der Waals surface area contributed by atoms with E-state index in [1.165, 1.54) is 12.3 Å². The normalized spacial score (nSPS) is 19.8. The summed E-state index contributed by atoms with van der Waals surface area (Å²) in [5, 5.41) is 7.16. The zero-order valence-corrected chi connectivity index (χ0v) is 13.8. The van der Waals surface area contributed by atoms with Crippen molar-refractivity contribution in [3.8, 4) is 11.5 Å². The van der Waals surface area contributed by atoms with Crippen molar-refractivity contribution >= 4 is 5.91 Å². The number of hydrogen-bond donors (Lipinski definition) is 1. The van der Waals surface area contributed by atoms with Crippen LogP contribution in [-0.2, 0) is 16.1 Å². The third-order valence-corrected chi connectivity index (χ3v) is 4.00. The summed E-state index contributed by atoms with van der Waals surface area (Å²) in [6.07, 6.45) is 3.05. The molecule has 1 amide bonds. The highest BCUT2D eigenvalue weighted by Gasteiger charge is 2.29. The quantitative estimate of drug-likeness (QED) is 0.919. The monoisotopic (exact) mass is 331 g/mol. The number of nitrogens with one attached hydrogen (secondary N) is 1. The number of hydrogen-bond acceptors (Lipinski definition) is 5. The van der Waals surface area contributed by atoms with Gasteiger partial charge in [0.05, 0.1) is 11.9 Å². The summed E-state index contributed by atoms with van der Waals surface area (Å²) in [7, 11) is 0. The van der Waals surface area contributed by atoms with E-state index >= 15 is 0 Å². The van der Waals surface area contributed by atoms with Crippen molar-refractivity contribution in [1.29, 1.82) is 0 Å². The molecule has 0 aromatic carbocycles. The van der Waals surface area contributed by atoms with Crippen molar-refractivity contribution < 1.29 is 13.9 Å². The second-order valence-electron chi connectivity index (χ2n) is 6.56. The number of amides is 1. The van der Waals surface area contributed by atoms with E-state index in [0.717, 1.165) is 17.5 Å². The molecule has 0 spiro atoms. The lowest BCUT2D eigenvalue weighted by Crippen LogP contribution is -2.47. The molecule has 1 saturated heterocycles. The van der Waals surface area contributed by atoms with Crippen molar-refractivity contribution in [2.24, 2.45) is 0 Å². The van der Waals surface area contributed by atoms with Gasteiger partial charge in [0.25, 0.3) is 5.56 Å². The van der Waals surface area contributed by atoms with Crippen molar-refractivity contribution in [2.45, 2.75) is 44.9 Å². The van der Waals surface area contributed by atoms with Gasteiger partial charge < -0.3 is 14.5 Å². The number of furan rings is 1. The summed E-state index contributed by atoms with van der Waals surface area (Å²) in [4.78, 5) is 24.2. The molecule has 24 heavy (non-hydrogen) atoms. The molecule has 3 rings (SSSR count). The molecule has 0 unspecified atom stereocenters. The second-order valence-corrected chi connectivity index (χ2v) is 6.56. The Morgan fingerprint density at radius 2 is 2.25 bits per heavy atom. The van der Waals surface area contributed by atoms with Crippen LogP contribution in [0.25, 0.3) is 11.5 Å². The molecule has 2 aromatic heterocycles. The largest absolute Gasteiger partial charge is 0.463 e. The molecular formula is C17H21N3O4. The van der Waals surface area contributed by atoms with E-state index in [0.29, 0.717) is 18.1 Å². The fourth-order valence-corrected chi connectivity index (χ4v) is 2.88. The van der Waals surface area contributed by atoms with Gasteiger partial charge in [-0.15, -0.1) is 0 Å². The van der Waals surface area contributed by atoms with E-state index in [-0.39, 0.29) is 29.7 Å². The van der Waals surface area contributed by atoms with Crippen LogP contribution < -0.4 is 10.9 Å². The predicted octanol–water partition coefficient (Wildman–Crippen LogP) is 1.58. The van der Waals surface area contributed by atoms with Crippen molar-refractivity contribution in [3.63, 3.8) is 0 Å². The van der Waals surface area contributed by atoms with Gasteiger partial charge in [-0.25, -0.2) is 4.68 Å². The van der Waals surface area contributed by atoms with Gasteiger partial charge in [0, 0.05) is 18.7 Å². The molecule has 0 aliphatic carbocycles. The highest BCUT2D eigenvalue weighted by atomic mass is 16.5. The fourth-order valence-electron chi connectivity index (χ4n) is 2.88. The Morgan fingerprint density at radius 1 is 1.42 bits per heavy atom. The van der Waals surface area contributed by atoms with Crippen LogP contribution in [0.3, 0.4) is 0 Å². The molecule has 0 radical (unpaired) electrons. The summed E-state index contributed by atoms with van der Waals surface area (Å²) >= 11 is 0. The molecule has 3 heterocycles. The molecule has 1 N–H and O–H groups in total. The molecule has 7 heteroatoms. The molecule has 128 valence electrons. The minimum absolute atomic E-state index is 0.0465. The van der Waals surface area contributed by atoms with Crippen LogP contribution >= 0.6 is 0 Å². The van der Waals surface area contributed by atoms with Gasteiger partial charge in [0.1, 0.15) is 12.2 Å². The van der Waals surface area contributed by atoms with Crippen LogP contribution in [0.15, 0.2) is 39.7 Å². The fraction of sp³-hybridized carbons (Fsp3) is 0.471. The maximum Gasteiger partial charge on any atom is 0.267 e. The molecule has 1 aliphatic rings. The van der Waals surface area contributed by atoms with Gasteiger partial charge in [-0.2, -0.15) is 5.10 Å². The van der Waals surface area contributed by atoms with Gasteiger partial charge in [0.2, 0.25) is 5.91 Å². The van der Waals surface area contributed by atoms with Crippen molar-refractivity contribution in [3.05, 3.63) is 40.9 Å². The van der Waals surface area contributed by atoms with Crippen LogP contribution in [0.2, 0.25) is 0 Å². The Bertz CT molecular complexity index is 764. The van der Waals surface area contributed by atoms with Gasteiger partial charge in [0.15, 0.2) is 5.76 Å². The van der Waals surface area contributed by atoms with E-state index in [9.17, 15) is 9.59 Å². The lowest BCUT2D eigenvalue weighted by atomic mass is 9.94. The number of nitrogens with zero attached hydrogens (tertiary/aromatic N) is 2. The lowest BCUT2D eigenvalue weighted by molar-refractivity contribution is -0.124. The predicted molar refractivity (Wildman–Crippen MR) is 87.4 cm³/mol. The van der Waals surface area contributed by atoms with Gasteiger partial charge in [-0.1, -0.05) is 0 Å². The standard InChI is InChI=1S/C17H21N3O4/c1-17(2)10-12(7-9-24-17)18-15(21)11-20-16(22)6-5-13(19-20)14-4-3-8-23-14/h3-6,8,12H,7,9-11H2,1-2H3,(H,18,21)/t12-/m1/s1. The van der Waals surface area contributed by atoms with Gasteiger partial charge in [-0.3, -0.25) is 9.59 Å². The highest BCUT2D eigenvalue weighted by Crippen LogP contribution is 2.23. The van der Waals surface area contributed by atoms with Crippen molar-refractivity contribution in [1.82, 2.24) is 15.1 Å². The zero-order valence-electron chi connectivity index (χ0n) is 13.8. The molecule has 7 nitrogen and oxygen atoms in total. The van der Waals surface area contributed by atoms with E-state index in [1.807, 2.05) is 13.8 Å².